The van der Waals surface area contributed by atoms with Crippen LogP contribution in [-0.2, 0) is 13.6 Å². The van der Waals surface area contributed by atoms with Gasteiger partial charge in [0.05, 0.1) is 12.6 Å². The number of rotatable bonds is 5. The molecule has 0 unspecified atom stereocenters. The summed E-state index contributed by atoms with van der Waals surface area (Å²) in [5.74, 6) is 2.00. The van der Waals surface area contributed by atoms with Crippen LogP contribution in [0.3, 0.4) is 0 Å². The van der Waals surface area contributed by atoms with E-state index in [-0.39, 0.29) is 0 Å². The third kappa shape index (κ3) is 3.13. The van der Waals surface area contributed by atoms with E-state index in [0.717, 1.165) is 23.8 Å². The molecule has 20 heavy (non-hydrogen) atoms. The second-order valence-electron chi connectivity index (χ2n) is 5.36. The van der Waals surface area contributed by atoms with E-state index < -0.39 is 0 Å². The van der Waals surface area contributed by atoms with Gasteiger partial charge in [0.2, 0.25) is 0 Å². The molecule has 3 rings (SSSR count). The Morgan fingerprint density at radius 2 is 2.00 bits per heavy atom. The van der Waals surface area contributed by atoms with Crippen molar-refractivity contribution in [2.75, 3.05) is 5.32 Å². The smallest absolute Gasteiger partial charge is 0.127 e. The van der Waals surface area contributed by atoms with Crippen LogP contribution < -0.4 is 10.1 Å². The Morgan fingerprint density at radius 3 is 2.65 bits per heavy atom. The average Bonchev–Trinajstić information content (AvgIpc) is 3.10. The molecule has 0 radical (unpaired) electrons. The van der Waals surface area contributed by atoms with Gasteiger partial charge in [-0.2, -0.15) is 0 Å². The van der Waals surface area contributed by atoms with E-state index in [1.807, 2.05) is 36.1 Å². The van der Waals surface area contributed by atoms with Crippen molar-refractivity contribution in [1.29, 1.82) is 0 Å². The molecule has 1 fully saturated rings. The van der Waals surface area contributed by atoms with Crippen LogP contribution in [0.25, 0.3) is 0 Å². The van der Waals surface area contributed by atoms with Crippen LogP contribution >= 0.6 is 0 Å². The zero-order chi connectivity index (χ0) is 13.8. The van der Waals surface area contributed by atoms with Gasteiger partial charge in [0.15, 0.2) is 0 Å². The fourth-order valence-electron chi connectivity index (χ4n) is 2.60. The fraction of sp³-hybridized carbons (Fsp3) is 0.438. The van der Waals surface area contributed by atoms with Gasteiger partial charge in [-0.05, 0) is 49.9 Å². The van der Waals surface area contributed by atoms with Crippen molar-refractivity contribution >= 4 is 5.69 Å². The Bertz CT molecular complexity index is 541. The predicted molar refractivity (Wildman–Crippen MR) is 79.9 cm³/mol. The van der Waals surface area contributed by atoms with Crippen LogP contribution in [0.1, 0.15) is 31.5 Å². The van der Waals surface area contributed by atoms with Gasteiger partial charge in [-0.3, -0.25) is 0 Å². The quantitative estimate of drug-likeness (QED) is 0.906. The topological polar surface area (TPSA) is 39.1 Å². The Morgan fingerprint density at radius 1 is 1.25 bits per heavy atom. The van der Waals surface area contributed by atoms with Gasteiger partial charge >= 0.3 is 0 Å². The molecule has 1 aromatic carbocycles. The molecule has 4 heteroatoms. The lowest BCUT2D eigenvalue weighted by molar-refractivity contribution is 0.210. The molecule has 2 aromatic rings. The highest BCUT2D eigenvalue weighted by atomic mass is 16.5. The Labute approximate surface area is 119 Å². The molecular weight excluding hydrogens is 250 g/mol. The van der Waals surface area contributed by atoms with E-state index in [4.69, 9.17) is 4.74 Å². The van der Waals surface area contributed by atoms with Crippen molar-refractivity contribution in [3.05, 3.63) is 42.5 Å². The summed E-state index contributed by atoms with van der Waals surface area (Å²) in [7, 11) is 2.00. The molecule has 1 aliphatic rings. The van der Waals surface area contributed by atoms with E-state index >= 15 is 0 Å². The summed E-state index contributed by atoms with van der Waals surface area (Å²) in [6, 6.07) is 8.21. The largest absolute Gasteiger partial charge is 0.490 e. The third-order valence-electron chi connectivity index (χ3n) is 3.83. The number of aromatic nitrogens is 2. The number of nitrogens with one attached hydrogen (secondary N) is 1. The summed E-state index contributed by atoms with van der Waals surface area (Å²) >= 11 is 0. The first-order valence-corrected chi connectivity index (χ1v) is 7.28. The van der Waals surface area contributed by atoms with Gasteiger partial charge in [0.25, 0.3) is 0 Å². The maximum atomic E-state index is 5.96. The number of hydrogen-bond acceptors (Lipinski definition) is 3. The third-order valence-corrected chi connectivity index (χ3v) is 3.83. The maximum Gasteiger partial charge on any atom is 0.127 e. The molecule has 1 aliphatic carbocycles. The van der Waals surface area contributed by atoms with Gasteiger partial charge in [-0.1, -0.05) is 0 Å². The molecule has 106 valence electrons. The van der Waals surface area contributed by atoms with Gasteiger partial charge in [0.1, 0.15) is 11.6 Å². The first kappa shape index (κ1) is 13.0. The van der Waals surface area contributed by atoms with E-state index in [0.29, 0.717) is 6.10 Å². The summed E-state index contributed by atoms with van der Waals surface area (Å²) in [5, 5.41) is 3.37. The summed E-state index contributed by atoms with van der Waals surface area (Å²) in [4.78, 5) is 4.29. The summed E-state index contributed by atoms with van der Waals surface area (Å²) < 4.78 is 7.97. The first-order valence-electron chi connectivity index (χ1n) is 7.28. The fourth-order valence-corrected chi connectivity index (χ4v) is 2.60. The highest BCUT2D eigenvalue weighted by Crippen LogP contribution is 2.25. The molecule has 1 N–H and O–H groups in total. The molecule has 1 heterocycles. The van der Waals surface area contributed by atoms with Gasteiger partial charge in [0, 0.05) is 25.1 Å². The maximum absolute atomic E-state index is 5.96. The number of anilines is 1. The predicted octanol–water partition coefficient (Wildman–Crippen LogP) is 3.35. The van der Waals surface area contributed by atoms with Crippen LogP contribution in [0.2, 0.25) is 0 Å². The minimum Gasteiger partial charge on any atom is -0.490 e. The Kier molecular flexibility index (Phi) is 3.90. The van der Waals surface area contributed by atoms with Crippen LogP contribution in [0, 0.1) is 0 Å². The van der Waals surface area contributed by atoms with Crippen molar-refractivity contribution in [2.45, 2.75) is 38.3 Å². The molecule has 0 aliphatic heterocycles. The molecule has 0 atom stereocenters. The lowest BCUT2D eigenvalue weighted by Crippen LogP contribution is -2.10. The Hall–Kier alpha value is -1.97. The van der Waals surface area contributed by atoms with Crippen molar-refractivity contribution in [2.24, 2.45) is 7.05 Å². The minimum atomic E-state index is 0.418. The number of aryl methyl sites for hydroxylation is 1. The highest BCUT2D eigenvalue weighted by molar-refractivity contribution is 5.46. The molecule has 1 saturated carbocycles. The minimum absolute atomic E-state index is 0.418. The van der Waals surface area contributed by atoms with Gasteiger partial charge in [-0.25, -0.2) is 4.98 Å². The second-order valence-corrected chi connectivity index (χ2v) is 5.36. The van der Waals surface area contributed by atoms with Crippen molar-refractivity contribution in [3.8, 4) is 5.75 Å². The summed E-state index contributed by atoms with van der Waals surface area (Å²) in [6.45, 7) is 0.729. The summed E-state index contributed by atoms with van der Waals surface area (Å²) in [5.41, 5.74) is 1.09. The van der Waals surface area contributed by atoms with Crippen molar-refractivity contribution in [3.63, 3.8) is 0 Å². The number of imidazole rings is 1. The van der Waals surface area contributed by atoms with Gasteiger partial charge < -0.3 is 14.6 Å². The molecule has 0 amide bonds. The first-order chi connectivity index (χ1) is 9.81. The number of benzene rings is 1. The van der Waals surface area contributed by atoms with Crippen LogP contribution in [0.5, 0.6) is 5.75 Å². The molecule has 0 spiro atoms. The molecule has 0 saturated heterocycles. The zero-order valence-corrected chi connectivity index (χ0v) is 11.9. The lowest BCUT2D eigenvalue weighted by Gasteiger charge is -2.13. The van der Waals surface area contributed by atoms with E-state index in [9.17, 15) is 0 Å². The monoisotopic (exact) mass is 271 g/mol. The van der Waals surface area contributed by atoms with Crippen LogP contribution in [0.4, 0.5) is 5.69 Å². The Balaban J connectivity index is 1.54. The number of nitrogens with zero attached hydrogens (tertiary/aromatic N) is 2. The lowest BCUT2D eigenvalue weighted by atomic mass is 10.2. The van der Waals surface area contributed by atoms with Gasteiger partial charge in [-0.15, -0.1) is 0 Å². The SMILES string of the molecule is Cn1ccnc1CNc1ccc(OC2CCCC2)cc1. The molecule has 1 aromatic heterocycles. The van der Waals surface area contributed by atoms with Crippen molar-refractivity contribution in [1.82, 2.24) is 9.55 Å². The van der Waals surface area contributed by atoms with E-state index in [1.54, 1.807) is 0 Å². The van der Waals surface area contributed by atoms with E-state index in [2.05, 4.69) is 22.4 Å². The number of hydrogen-bond donors (Lipinski definition) is 1. The zero-order valence-electron chi connectivity index (χ0n) is 11.9. The van der Waals surface area contributed by atoms with Crippen molar-refractivity contribution < 1.29 is 4.74 Å². The second kappa shape index (κ2) is 5.99. The molecule has 4 nitrogen and oxygen atoms in total. The highest BCUT2D eigenvalue weighted by Gasteiger charge is 2.16. The standard InChI is InChI=1S/C16H21N3O/c1-19-11-10-17-16(19)12-18-13-6-8-15(9-7-13)20-14-4-2-3-5-14/h6-11,14,18H,2-5,12H2,1H3. The molecular formula is C16H21N3O. The normalized spacial score (nSPS) is 15.4. The average molecular weight is 271 g/mol. The van der Waals surface area contributed by atoms with Crippen LogP contribution in [0.15, 0.2) is 36.7 Å². The number of ether oxygens (including phenoxy) is 1. The molecule has 0 bridgehead atoms. The van der Waals surface area contributed by atoms with E-state index in [1.165, 1.54) is 25.7 Å². The summed E-state index contributed by atoms with van der Waals surface area (Å²) in [6.07, 6.45) is 9.17. The van der Waals surface area contributed by atoms with Crippen LogP contribution in [-0.4, -0.2) is 15.7 Å².